The van der Waals surface area contributed by atoms with Crippen LogP contribution in [-0.4, -0.2) is 66.0 Å². The van der Waals surface area contributed by atoms with Crippen molar-refractivity contribution >= 4 is 23.2 Å². The van der Waals surface area contributed by atoms with Crippen LogP contribution in [0.5, 0.6) is 11.5 Å². The summed E-state index contributed by atoms with van der Waals surface area (Å²) in [5, 5.41) is 2.91. The Labute approximate surface area is 245 Å². The molecule has 1 N–H and O–H groups in total. The monoisotopic (exact) mass is 562 g/mol. The number of hydrogen-bond donors (Lipinski definition) is 1. The Bertz CT molecular complexity index is 1540. The molecule has 1 atom stereocenters. The lowest BCUT2D eigenvalue weighted by atomic mass is 10.0. The molecule has 1 saturated heterocycles. The fraction of sp³-hybridized carbons (Fsp3) is 0.273. The van der Waals surface area contributed by atoms with Crippen molar-refractivity contribution in [1.29, 1.82) is 0 Å². The minimum atomic E-state index is -0.653. The molecule has 0 bridgehead atoms. The number of carbonyl (C=O) groups excluding carboxylic acids is 2. The Morgan fingerprint density at radius 2 is 1.71 bits per heavy atom. The van der Waals surface area contributed by atoms with E-state index in [4.69, 9.17) is 4.74 Å². The summed E-state index contributed by atoms with van der Waals surface area (Å²) in [7, 11) is 1.79. The summed E-state index contributed by atoms with van der Waals surface area (Å²) in [5.41, 5.74) is 4.59. The highest BCUT2D eigenvalue weighted by Crippen LogP contribution is 2.29. The van der Waals surface area contributed by atoms with Crippen molar-refractivity contribution in [2.24, 2.45) is 0 Å². The summed E-state index contributed by atoms with van der Waals surface area (Å²) in [6.07, 6.45) is 6.40. The van der Waals surface area contributed by atoms with E-state index in [1.807, 2.05) is 42.7 Å². The van der Waals surface area contributed by atoms with Gasteiger partial charge in [-0.15, -0.1) is 0 Å². The third-order valence-corrected chi connectivity index (χ3v) is 7.90. The topological polar surface area (TPSA) is 90.9 Å². The normalized spacial score (nSPS) is 17.4. The molecule has 2 aliphatic heterocycles. The van der Waals surface area contributed by atoms with Crippen molar-refractivity contribution in [2.45, 2.75) is 25.4 Å². The van der Waals surface area contributed by atoms with Crippen LogP contribution in [0.15, 0.2) is 91.4 Å². The van der Waals surface area contributed by atoms with Crippen molar-refractivity contribution in [3.05, 3.63) is 108 Å². The Balaban J connectivity index is 1.08. The van der Waals surface area contributed by atoms with Gasteiger partial charge in [0, 0.05) is 75.8 Å². The summed E-state index contributed by atoms with van der Waals surface area (Å²) in [5.74, 6) is 0.629. The van der Waals surface area contributed by atoms with Gasteiger partial charge in [-0.1, -0.05) is 30.3 Å². The van der Waals surface area contributed by atoms with Crippen LogP contribution in [0.2, 0.25) is 0 Å². The Kier molecular flexibility index (Phi) is 8.09. The van der Waals surface area contributed by atoms with Crippen molar-refractivity contribution < 1.29 is 14.3 Å². The molecule has 0 spiro atoms. The van der Waals surface area contributed by atoms with Gasteiger partial charge in [0.25, 0.3) is 5.91 Å². The van der Waals surface area contributed by atoms with E-state index in [9.17, 15) is 9.59 Å². The molecule has 2 amide bonds. The van der Waals surface area contributed by atoms with E-state index in [0.29, 0.717) is 24.3 Å². The lowest BCUT2D eigenvalue weighted by molar-refractivity contribution is -0.120. The number of fused-ring (bicyclic) bond motifs is 1. The van der Waals surface area contributed by atoms with Crippen LogP contribution in [0.4, 0.5) is 11.4 Å². The predicted molar refractivity (Wildman–Crippen MR) is 162 cm³/mol. The van der Waals surface area contributed by atoms with E-state index in [1.54, 1.807) is 24.1 Å². The second-order valence-electron chi connectivity index (χ2n) is 10.7. The van der Waals surface area contributed by atoms with Crippen molar-refractivity contribution in [3.8, 4) is 11.5 Å². The van der Waals surface area contributed by atoms with Crippen LogP contribution < -0.4 is 19.9 Å². The van der Waals surface area contributed by atoms with Gasteiger partial charge in [-0.05, 0) is 60.4 Å². The Morgan fingerprint density at radius 1 is 0.929 bits per heavy atom. The van der Waals surface area contributed by atoms with Crippen LogP contribution >= 0.6 is 0 Å². The molecule has 0 unspecified atom stereocenters. The molecule has 9 nitrogen and oxygen atoms in total. The van der Waals surface area contributed by atoms with E-state index in [1.165, 1.54) is 17.4 Å². The minimum absolute atomic E-state index is 0.137. The molecule has 2 aromatic heterocycles. The van der Waals surface area contributed by atoms with Crippen LogP contribution in [0, 0.1) is 0 Å². The van der Waals surface area contributed by atoms with Gasteiger partial charge in [0.1, 0.15) is 23.2 Å². The third kappa shape index (κ3) is 6.26. The standard InChI is InChI=1S/C33H34N6O3/c1-37-31-21-24(23-38-17-19-39(20-18-38)26-11-14-34-15-12-26)7-8-25(31)9-10-29(33(37)41)36-32(40)30-22-28(13-16-35-30)42-27-5-3-2-4-6-27/h2-8,11-16,21-22,29H,9-10,17-20,23H2,1H3,(H,36,40)/t29-/m0/s1. The van der Waals surface area contributed by atoms with Gasteiger partial charge in [-0.25, -0.2) is 0 Å². The molecule has 2 aliphatic rings. The number of aryl methyl sites for hydroxylation is 1. The molecule has 42 heavy (non-hydrogen) atoms. The van der Waals surface area contributed by atoms with Gasteiger partial charge >= 0.3 is 0 Å². The maximum Gasteiger partial charge on any atom is 0.270 e. The number of anilines is 2. The van der Waals surface area contributed by atoms with Crippen LogP contribution in [0.25, 0.3) is 0 Å². The average Bonchev–Trinajstić information content (AvgIpc) is 3.14. The number of rotatable bonds is 7. The third-order valence-electron chi connectivity index (χ3n) is 7.90. The highest BCUT2D eigenvalue weighted by Gasteiger charge is 2.30. The number of amides is 2. The van der Waals surface area contributed by atoms with Crippen LogP contribution in [0.3, 0.4) is 0 Å². The van der Waals surface area contributed by atoms with Crippen molar-refractivity contribution in [2.75, 3.05) is 43.0 Å². The molecular weight excluding hydrogens is 528 g/mol. The van der Waals surface area contributed by atoms with Gasteiger partial charge in [0.2, 0.25) is 5.91 Å². The second kappa shape index (κ2) is 12.4. The summed E-state index contributed by atoms with van der Waals surface area (Å²) < 4.78 is 5.85. The number of piperazine rings is 1. The zero-order valence-electron chi connectivity index (χ0n) is 23.6. The van der Waals surface area contributed by atoms with Gasteiger partial charge < -0.3 is 19.9 Å². The average molecular weight is 563 g/mol. The predicted octanol–water partition coefficient (Wildman–Crippen LogP) is 4.30. The van der Waals surface area contributed by atoms with Gasteiger partial charge in [0.15, 0.2) is 0 Å². The van der Waals surface area contributed by atoms with Gasteiger partial charge in [-0.3, -0.25) is 24.5 Å². The molecule has 4 aromatic rings. The molecular formula is C33H34N6O3. The van der Waals surface area contributed by atoms with Crippen molar-refractivity contribution in [1.82, 2.24) is 20.2 Å². The zero-order valence-corrected chi connectivity index (χ0v) is 23.6. The minimum Gasteiger partial charge on any atom is -0.457 e. The van der Waals surface area contributed by atoms with E-state index in [0.717, 1.165) is 44.0 Å². The maximum atomic E-state index is 13.5. The summed E-state index contributed by atoms with van der Waals surface area (Å²) in [4.78, 5) is 41.5. The lowest BCUT2D eigenvalue weighted by Gasteiger charge is -2.36. The second-order valence-corrected chi connectivity index (χ2v) is 10.7. The number of para-hydroxylation sites is 1. The van der Waals surface area contributed by atoms with Crippen LogP contribution in [0.1, 0.15) is 28.0 Å². The number of carbonyl (C=O) groups is 2. The van der Waals surface area contributed by atoms with E-state index in [2.05, 4.69) is 55.4 Å². The van der Waals surface area contributed by atoms with Crippen LogP contribution in [-0.2, 0) is 17.8 Å². The first kappa shape index (κ1) is 27.4. The smallest absolute Gasteiger partial charge is 0.270 e. The molecule has 6 rings (SSSR count). The number of ether oxygens (including phenoxy) is 1. The first-order chi connectivity index (χ1) is 20.5. The summed E-state index contributed by atoms with van der Waals surface area (Å²) in [6.45, 7) is 4.68. The molecule has 2 aromatic carbocycles. The SMILES string of the molecule is CN1C(=O)[C@@H](NC(=O)c2cc(Oc3ccccc3)ccn2)CCc2ccc(CN3CCN(c4ccncc4)CC3)cc21. The zero-order chi connectivity index (χ0) is 28.9. The molecule has 9 heteroatoms. The van der Waals surface area contributed by atoms with Gasteiger partial charge in [0.05, 0.1) is 0 Å². The Morgan fingerprint density at radius 3 is 2.50 bits per heavy atom. The first-order valence-corrected chi connectivity index (χ1v) is 14.3. The summed E-state index contributed by atoms with van der Waals surface area (Å²) >= 11 is 0. The number of nitrogens with one attached hydrogen (secondary N) is 1. The molecule has 0 saturated carbocycles. The number of pyridine rings is 2. The number of likely N-dealkylation sites (N-methyl/N-ethyl adjacent to an activating group) is 1. The Hall–Kier alpha value is -4.76. The lowest BCUT2D eigenvalue weighted by Crippen LogP contribution is -2.47. The number of benzene rings is 2. The quantitative estimate of drug-likeness (QED) is 0.359. The molecule has 0 aliphatic carbocycles. The number of aromatic nitrogens is 2. The molecule has 214 valence electrons. The van der Waals surface area contributed by atoms with E-state index in [-0.39, 0.29) is 11.6 Å². The molecule has 1 fully saturated rings. The number of hydrogen-bond acceptors (Lipinski definition) is 7. The fourth-order valence-electron chi connectivity index (χ4n) is 5.57. The maximum absolute atomic E-state index is 13.5. The van der Waals surface area contributed by atoms with Crippen molar-refractivity contribution in [3.63, 3.8) is 0 Å². The molecule has 0 radical (unpaired) electrons. The highest BCUT2D eigenvalue weighted by atomic mass is 16.5. The van der Waals surface area contributed by atoms with E-state index < -0.39 is 11.9 Å². The fourth-order valence-corrected chi connectivity index (χ4v) is 5.57. The highest BCUT2D eigenvalue weighted by molar-refractivity contribution is 6.02. The first-order valence-electron chi connectivity index (χ1n) is 14.3. The largest absolute Gasteiger partial charge is 0.457 e. The summed E-state index contributed by atoms with van der Waals surface area (Å²) in [6, 6.07) is 22.5. The van der Waals surface area contributed by atoms with E-state index >= 15 is 0 Å². The molecule has 4 heterocycles. The number of nitrogens with zero attached hydrogens (tertiary/aromatic N) is 5. The van der Waals surface area contributed by atoms with Gasteiger partial charge in [-0.2, -0.15) is 0 Å².